The lowest BCUT2D eigenvalue weighted by Gasteiger charge is -2.12. The number of furan rings is 1. The highest BCUT2D eigenvalue weighted by atomic mass is 127. The molecule has 24 heavy (non-hydrogen) atoms. The van der Waals surface area contributed by atoms with Crippen LogP contribution in [-0.4, -0.2) is 65.5 Å². The van der Waals surface area contributed by atoms with E-state index in [4.69, 9.17) is 13.9 Å². The quantitative estimate of drug-likeness (QED) is 0.199. The predicted molar refractivity (Wildman–Crippen MR) is 103 cm³/mol. The summed E-state index contributed by atoms with van der Waals surface area (Å²) in [6, 6.07) is 3.30. The molecule has 1 heterocycles. The molecule has 3 N–H and O–H groups in total. The number of hydrogen-bond acceptors (Lipinski definition) is 5. The smallest absolute Gasteiger partial charge is 0.287 e. The third-order valence-electron chi connectivity index (χ3n) is 2.86. The number of halogens is 1. The fraction of sp³-hybridized carbons (Fsp3) is 0.600. The lowest BCUT2D eigenvalue weighted by atomic mass is 10.4. The Morgan fingerprint density at radius 3 is 2.58 bits per heavy atom. The molecule has 0 spiro atoms. The number of nitrogens with zero attached hydrogens (tertiary/aromatic N) is 1. The maximum Gasteiger partial charge on any atom is 0.287 e. The highest BCUT2D eigenvalue weighted by Gasteiger charge is 2.06. The van der Waals surface area contributed by atoms with E-state index >= 15 is 0 Å². The number of nitrogens with one attached hydrogen (secondary N) is 3. The van der Waals surface area contributed by atoms with Gasteiger partial charge in [0.15, 0.2) is 11.7 Å². The van der Waals surface area contributed by atoms with Crippen LogP contribution in [0.5, 0.6) is 0 Å². The molecule has 0 fully saturated rings. The number of ether oxygens (including phenoxy) is 2. The predicted octanol–water partition coefficient (Wildman–Crippen LogP) is 0.845. The van der Waals surface area contributed by atoms with Crippen molar-refractivity contribution in [1.82, 2.24) is 16.0 Å². The van der Waals surface area contributed by atoms with E-state index in [-0.39, 0.29) is 29.9 Å². The van der Waals surface area contributed by atoms with Crippen LogP contribution in [0.3, 0.4) is 0 Å². The zero-order valence-electron chi connectivity index (χ0n) is 14.2. The molecule has 1 aromatic heterocycles. The average molecular weight is 454 g/mol. The number of carbonyl (C=O) groups is 1. The second-order valence-corrected chi connectivity index (χ2v) is 4.62. The Hall–Kier alpha value is -1.33. The number of amides is 1. The molecular weight excluding hydrogens is 427 g/mol. The molecule has 9 heteroatoms. The number of methoxy groups -OCH3 is 1. The number of hydrogen-bond donors (Lipinski definition) is 3. The molecular formula is C15H27IN4O4. The minimum atomic E-state index is -0.229. The van der Waals surface area contributed by atoms with Crippen LogP contribution in [0.1, 0.15) is 17.0 Å². The normalized spacial score (nSPS) is 10.8. The fourth-order valence-electron chi connectivity index (χ4n) is 1.70. The van der Waals surface area contributed by atoms with E-state index in [9.17, 15) is 4.79 Å². The molecule has 1 amide bonds. The van der Waals surface area contributed by atoms with E-state index in [0.29, 0.717) is 44.6 Å². The lowest BCUT2D eigenvalue weighted by Crippen LogP contribution is -2.42. The first-order chi connectivity index (χ1) is 11.3. The van der Waals surface area contributed by atoms with Crippen LogP contribution in [0, 0.1) is 0 Å². The molecule has 0 saturated carbocycles. The topological polar surface area (TPSA) is 97.1 Å². The Morgan fingerprint density at radius 2 is 1.92 bits per heavy atom. The minimum absolute atomic E-state index is 0. The summed E-state index contributed by atoms with van der Waals surface area (Å²) >= 11 is 0. The van der Waals surface area contributed by atoms with Crippen molar-refractivity contribution < 1.29 is 18.7 Å². The van der Waals surface area contributed by atoms with Crippen molar-refractivity contribution in [1.29, 1.82) is 0 Å². The van der Waals surface area contributed by atoms with Crippen LogP contribution in [-0.2, 0) is 9.47 Å². The molecule has 0 aromatic carbocycles. The molecule has 0 saturated heterocycles. The zero-order valence-corrected chi connectivity index (χ0v) is 16.5. The summed E-state index contributed by atoms with van der Waals surface area (Å²) in [5, 5.41) is 9.04. The molecule has 8 nitrogen and oxygen atoms in total. The fourth-order valence-corrected chi connectivity index (χ4v) is 1.70. The first kappa shape index (κ1) is 22.7. The number of rotatable bonds is 11. The number of carbonyl (C=O) groups excluding carboxylic acids is 1. The molecule has 0 unspecified atom stereocenters. The summed E-state index contributed by atoms with van der Waals surface area (Å²) in [6.07, 6.45) is 2.34. The summed E-state index contributed by atoms with van der Waals surface area (Å²) in [4.78, 5) is 15.7. The van der Waals surface area contributed by atoms with Gasteiger partial charge in [0.05, 0.1) is 19.5 Å². The number of aliphatic imine (C=N–C) groups is 1. The maximum atomic E-state index is 11.6. The summed E-state index contributed by atoms with van der Waals surface area (Å²) in [5.74, 6) is 0.767. The van der Waals surface area contributed by atoms with Gasteiger partial charge in [-0.15, -0.1) is 24.0 Å². The van der Waals surface area contributed by atoms with Gasteiger partial charge in [0.2, 0.25) is 0 Å². The standard InChI is InChI=1S/C15H26N4O4.HI/c1-16-15(18-6-4-9-22-12-11-21-2)19-8-7-17-14(20)13-5-3-10-23-13;/h3,5,10H,4,6-9,11-12H2,1-2H3,(H,17,20)(H2,16,18,19);1H. The van der Waals surface area contributed by atoms with Gasteiger partial charge >= 0.3 is 0 Å². The molecule has 0 radical (unpaired) electrons. The van der Waals surface area contributed by atoms with Crippen LogP contribution >= 0.6 is 24.0 Å². The molecule has 0 atom stereocenters. The van der Waals surface area contributed by atoms with Gasteiger partial charge < -0.3 is 29.8 Å². The van der Waals surface area contributed by atoms with E-state index in [0.717, 1.165) is 13.0 Å². The Bertz CT molecular complexity index is 454. The van der Waals surface area contributed by atoms with Crippen molar-refractivity contribution in [2.45, 2.75) is 6.42 Å². The third kappa shape index (κ3) is 10.4. The summed E-state index contributed by atoms with van der Waals surface area (Å²) in [6.45, 7) is 3.69. The van der Waals surface area contributed by atoms with Gasteiger partial charge in [0, 0.05) is 40.4 Å². The molecule has 0 aliphatic carbocycles. The Labute approximate surface area is 159 Å². The van der Waals surface area contributed by atoms with Crippen molar-refractivity contribution in [3.05, 3.63) is 24.2 Å². The highest BCUT2D eigenvalue weighted by molar-refractivity contribution is 14.0. The Kier molecular flexibility index (Phi) is 14.4. The van der Waals surface area contributed by atoms with Crippen molar-refractivity contribution in [3.63, 3.8) is 0 Å². The van der Waals surface area contributed by atoms with Crippen molar-refractivity contribution in [2.75, 3.05) is 53.6 Å². The van der Waals surface area contributed by atoms with E-state index in [1.807, 2.05) is 0 Å². The van der Waals surface area contributed by atoms with Gasteiger partial charge in [-0.05, 0) is 18.6 Å². The average Bonchev–Trinajstić information content (AvgIpc) is 3.10. The van der Waals surface area contributed by atoms with Crippen LogP contribution in [0.2, 0.25) is 0 Å². The van der Waals surface area contributed by atoms with E-state index in [1.165, 1.54) is 6.26 Å². The Morgan fingerprint density at radius 1 is 1.17 bits per heavy atom. The van der Waals surface area contributed by atoms with Crippen LogP contribution in [0.25, 0.3) is 0 Å². The van der Waals surface area contributed by atoms with Gasteiger partial charge in [-0.2, -0.15) is 0 Å². The number of guanidine groups is 1. The van der Waals surface area contributed by atoms with Crippen molar-refractivity contribution >= 4 is 35.8 Å². The minimum Gasteiger partial charge on any atom is -0.459 e. The molecule has 0 aliphatic heterocycles. The Balaban J connectivity index is 0.00000529. The molecule has 138 valence electrons. The molecule has 0 bridgehead atoms. The van der Waals surface area contributed by atoms with Crippen LogP contribution < -0.4 is 16.0 Å². The first-order valence-electron chi connectivity index (χ1n) is 7.61. The second kappa shape index (κ2) is 15.2. The monoisotopic (exact) mass is 454 g/mol. The molecule has 1 aromatic rings. The summed E-state index contributed by atoms with van der Waals surface area (Å²) < 4.78 is 15.3. The van der Waals surface area contributed by atoms with E-state index < -0.39 is 0 Å². The van der Waals surface area contributed by atoms with Gasteiger partial charge in [-0.1, -0.05) is 0 Å². The SMILES string of the molecule is CN=C(NCCCOCCOC)NCCNC(=O)c1ccco1.I. The lowest BCUT2D eigenvalue weighted by molar-refractivity contribution is 0.0698. The van der Waals surface area contributed by atoms with Crippen LogP contribution in [0.4, 0.5) is 0 Å². The van der Waals surface area contributed by atoms with Crippen molar-refractivity contribution in [3.8, 4) is 0 Å². The van der Waals surface area contributed by atoms with E-state index in [1.54, 1.807) is 26.3 Å². The molecule has 0 aliphatic rings. The maximum absolute atomic E-state index is 11.6. The summed E-state index contributed by atoms with van der Waals surface area (Å²) in [5.41, 5.74) is 0. The van der Waals surface area contributed by atoms with Gasteiger partial charge in [0.1, 0.15) is 0 Å². The largest absolute Gasteiger partial charge is 0.459 e. The first-order valence-corrected chi connectivity index (χ1v) is 7.61. The molecule has 1 rings (SSSR count). The third-order valence-corrected chi connectivity index (χ3v) is 2.86. The second-order valence-electron chi connectivity index (χ2n) is 4.62. The van der Waals surface area contributed by atoms with Crippen molar-refractivity contribution in [2.24, 2.45) is 4.99 Å². The van der Waals surface area contributed by atoms with Gasteiger partial charge in [-0.3, -0.25) is 9.79 Å². The van der Waals surface area contributed by atoms with Gasteiger partial charge in [-0.25, -0.2) is 0 Å². The summed E-state index contributed by atoms with van der Waals surface area (Å²) in [7, 11) is 3.35. The highest BCUT2D eigenvalue weighted by Crippen LogP contribution is 1.98. The zero-order chi connectivity index (χ0) is 16.8. The van der Waals surface area contributed by atoms with Gasteiger partial charge in [0.25, 0.3) is 5.91 Å². The van der Waals surface area contributed by atoms with E-state index in [2.05, 4.69) is 20.9 Å². The van der Waals surface area contributed by atoms with Crippen LogP contribution in [0.15, 0.2) is 27.8 Å².